The molecule has 0 aliphatic heterocycles. The Hall–Kier alpha value is 0.330. The normalized spacial score (nSPS) is 17.9. The SMILES string of the molecule is O=S([O-])CCC(F)Cl. The van der Waals surface area contributed by atoms with E-state index in [1.807, 2.05) is 0 Å². The summed E-state index contributed by atoms with van der Waals surface area (Å²) in [7, 11) is 0. The van der Waals surface area contributed by atoms with Gasteiger partial charge in [-0.25, -0.2) is 4.39 Å². The first-order chi connectivity index (χ1) is 3.63. The fraction of sp³-hybridized carbons (Fsp3) is 1.00. The quantitative estimate of drug-likeness (QED) is 0.451. The molecule has 0 bridgehead atoms. The summed E-state index contributed by atoms with van der Waals surface area (Å²) in [6.45, 7) is 0. The first-order valence-electron chi connectivity index (χ1n) is 1.97. The van der Waals surface area contributed by atoms with Crippen LogP contribution in [0.1, 0.15) is 6.42 Å². The van der Waals surface area contributed by atoms with E-state index >= 15 is 0 Å². The molecule has 0 aliphatic carbocycles. The molecule has 0 aliphatic rings. The van der Waals surface area contributed by atoms with Crippen LogP contribution in [0.2, 0.25) is 0 Å². The molecule has 0 saturated carbocycles. The van der Waals surface area contributed by atoms with E-state index in [1.54, 1.807) is 0 Å². The maximum absolute atomic E-state index is 11.6. The molecule has 0 aromatic rings. The molecule has 0 amide bonds. The van der Waals surface area contributed by atoms with Gasteiger partial charge in [-0.1, -0.05) is 22.7 Å². The topological polar surface area (TPSA) is 40.1 Å². The monoisotopic (exact) mass is 159 g/mol. The third-order valence-corrected chi connectivity index (χ3v) is 1.29. The Bertz CT molecular complexity index is 87.4. The molecule has 0 heterocycles. The zero-order chi connectivity index (χ0) is 6.57. The van der Waals surface area contributed by atoms with Crippen LogP contribution in [-0.4, -0.2) is 20.1 Å². The van der Waals surface area contributed by atoms with Crippen LogP contribution in [0.4, 0.5) is 4.39 Å². The van der Waals surface area contributed by atoms with Crippen molar-refractivity contribution in [2.45, 2.75) is 12.1 Å². The molecule has 2 unspecified atom stereocenters. The summed E-state index contributed by atoms with van der Waals surface area (Å²) >= 11 is 2.62. The fourth-order valence-electron chi connectivity index (χ4n) is 0.185. The van der Waals surface area contributed by atoms with Crippen LogP contribution in [0.3, 0.4) is 0 Å². The van der Waals surface area contributed by atoms with Crippen molar-refractivity contribution in [2.24, 2.45) is 0 Å². The Morgan fingerprint density at radius 2 is 2.38 bits per heavy atom. The zero-order valence-electron chi connectivity index (χ0n) is 3.97. The lowest BCUT2D eigenvalue weighted by Crippen LogP contribution is -1.99. The molecule has 5 heteroatoms. The molecule has 0 saturated heterocycles. The van der Waals surface area contributed by atoms with E-state index in [-0.39, 0.29) is 12.2 Å². The minimum Gasteiger partial charge on any atom is -0.772 e. The van der Waals surface area contributed by atoms with Crippen LogP contribution in [0.25, 0.3) is 0 Å². The van der Waals surface area contributed by atoms with Crippen LogP contribution >= 0.6 is 11.6 Å². The van der Waals surface area contributed by atoms with E-state index in [0.29, 0.717) is 0 Å². The zero-order valence-corrected chi connectivity index (χ0v) is 5.54. The minimum absolute atomic E-state index is 0.127. The maximum Gasteiger partial charge on any atom is 0.174 e. The molecule has 0 aromatic carbocycles. The van der Waals surface area contributed by atoms with Gasteiger partial charge in [-0.05, 0) is 0 Å². The van der Waals surface area contributed by atoms with E-state index < -0.39 is 16.7 Å². The fourth-order valence-corrected chi connectivity index (χ4v) is 0.823. The molecule has 0 rings (SSSR count). The maximum atomic E-state index is 11.6. The van der Waals surface area contributed by atoms with E-state index in [9.17, 15) is 13.2 Å². The van der Waals surface area contributed by atoms with Gasteiger partial charge in [-0.3, -0.25) is 4.21 Å². The van der Waals surface area contributed by atoms with Gasteiger partial charge in [0.15, 0.2) is 5.63 Å². The van der Waals surface area contributed by atoms with Crippen LogP contribution in [0.15, 0.2) is 0 Å². The lowest BCUT2D eigenvalue weighted by Gasteiger charge is -2.02. The highest BCUT2D eigenvalue weighted by atomic mass is 35.5. The molecule has 8 heavy (non-hydrogen) atoms. The van der Waals surface area contributed by atoms with Crippen molar-refractivity contribution < 1.29 is 13.2 Å². The van der Waals surface area contributed by atoms with Crippen molar-refractivity contribution >= 4 is 22.7 Å². The Balaban J connectivity index is 3.05. The predicted molar refractivity (Wildman–Crippen MR) is 29.2 cm³/mol. The molecule has 0 radical (unpaired) electrons. The van der Waals surface area contributed by atoms with Gasteiger partial charge < -0.3 is 4.55 Å². The summed E-state index contributed by atoms with van der Waals surface area (Å²) in [4.78, 5) is 0. The predicted octanol–water partition coefficient (Wildman–Crippen LogP) is 0.790. The van der Waals surface area contributed by atoms with Gasteiger partial charge in [0.1, 0.15) is 0 Å². The second kappa shape index (κ2) is 4.23. The van der Waals surface area contributed by atoms with Gasteiger partial charge in [0, 0.05) is 12.2 Å². The number of hydrogen-bond donors (Lipinski definition) is 0. The summed E-state index contributed by atoms with van der Waals surface area (Å²) in [5.74, 6) is -0.204. The lowest BCUT2D eigenvalue weighted by atomic mass is 10.5. The van der Waals surface area contributed by atoms with Crippen molar-refractivity contribution in [3.05, 3.63) is 0 Å². The number of halogens is 2. The van der Waals surface area contributed by atoms with E-state index in [4.69, 9.17) is 11.6 Å². The molecule has 0 N–H and O–H groups in total. The summed E-state index contributed by atoms with van der Waals surface area (Å²) < 4.78 is 30.9. The summed E-state index contributed by atoms with van der Waals surface area (Å²) in [6, 6.07) is 0. The van der Waals surface area contributed by atoms with Crippen LogP contribution < -0.4 is 0 Å². The molecule has 2 atom stereocenters. The Morgan fingerprint density at radius 1 is 1.88 bits per heavy atom. The van der Waals surface area contributed by atoms with Crippen molar-refractivity contribution in [3.8, 4) is 0 Å². The van der Waals surface area contributed by atoms with Gasteiger partial charge in [-0.2, -0.15) is 0 Å². The first kappa shape index (κ1) is 8.33. The van der Waals surface area contributed by atoms with Gasteiger partial charge in [0.05, 0.1) is 0 Å². The summed E-state index contributed by atoms with van der Waals surface area (Å²) in [6.07, 6.45) is -0.127. The molecule has 50 valence electrons. The van der Waals surface area contributed by atoms with Crippen molar-refractivity contribution in [1.82, 2.24) is 0 Å². The first-order valence-corrected chi connectivity index (χ1v) is 3.65. The van der Waals surface area contributed by atoms with Gasteiger partial charge in [0.25, 0.3) is 0 Å². The van der Waals surface area contributed by atoms with Crippen molar-refractivity contribution in [3.63, 3.8) is 0 Å². The highest BCUT2D eigenvalue weighted by Crippen LogP contribution is 2.02. The van der Waals surface area contributed by atoms with Crippen LogP contribution in [0.5, 0.6) is 0 Å². The average Bonchev–Trinajstić information content (AvgIpc) is 1.61. The van der Waals surface area contributed by atoms with Crippen molar-refractivity contribution in [1.29, 1.82) is 0 Å². The van der Waals surface area contributed by atoms with Gasteiger partial charge >= 0.3 is 0 Å². The second-order valence-corrected chi connectivity index (χ2v) is 2.68. The third-order valence-electron chi connectivity index (χ3n) is 0.503. The van der Waals surface area contributed by atoms with Crippen LogP contribution in [0, 0.1) is 0 Å². The summed E-state index contributed by atoms with van der Waals surface area (Å²) in [5, 5.41) is 0. The van der Waals surface area contributed by atoms with Gasteiger partial charge in [-0.15, -0.1) is 0 Å². The van der Waals surface area contributed by atoms with E-state index in [1.165, 1.54) is 0 Å². The van der Waals surface area contributed by atoms with E-state index in [2.05, 4.69) is 0 Å². The molecule has 0 fully saturated rings. The van der Waals surface area contributed by atoms with Crippen LogP contribution in [-0.2, 0) is 11.1 Å². The van der Waals surface area contributed by atoms with Crippen molar-refractivity contribution in [2.75, 3.05) is 5.75 Å². The van der Waals surface area contributed by atoms with Gasteiger partial charge in [0.2, 0.25) is 0 Å². The molecule has 0 aromatic heterocycles. The Kier molecular flexibility index (Phi) is 4.41. The standard InChI is InChI=1S/C3H6ClFO2S/c4-3(5)1-2-8(6)7/h3H,1-2H2,(H,6,7)/p-1. The lowest BCUT2D eigenvalue weighted by molar-refractivity contribution is 0.430. The average molecular weight is 160 g/mol. The molecular formula is C3H5ClFO2S-. The molecule has 0 spiro atoms. The van der Waals surface area contributed by atoms with E-state index in [0.717, 1.165) is 0 Å². The highest BCUT2D eigenvalue weighted by molar-refractivity contribution is 7.79. The minimum atomic E-state index is -2.16. The highest BCUT2D eigenvalue weighted by Gasteiger charge is 1.97. The second-order valence-electron chi connectivity index (χ2n) is 1.19. The number of rotatable bonds is 3. The third kappa shape index (κ3) is 6.33. The smallest absolute Gasteiger partial charge is 0.174 e. The largest absolute Gasteiger partial charge is 0.772 e. The molecular weight excluding hydrogens is 155 g/mol. The number of alkyl halides is 2. The number of hydrogen-bond acceptors (Lipinski definition) is 2. The Morgan fingerprint density at radius 3 is 2.50 bits per heavy atom. The molecule has 2 nitrogen and oxygen atoms in total. The Labute approximate surface area is 54.3 Å². The summed E-state index contributed by atoms with van der Waals surface area (Å²) in [5.41, 5.74) is -1.53.